The van der Waals surface area contributed by atoms with Crippen molar-refractivity contribution in [3.8, 4) is 0 Å². The number of carboxylic acid groups (broad SMARTS) is 1. The number of halogens is 1. The van der Waals surface area contributed by atoms with Crippen LogP contribution in [0.1, 0.15) is 12.1 Å². The van der Waals surface area contributed by atoms with Gasteiger partial charge in [-0.1, -0.05) is 35.9 Å². The van der Waals surface area contributed by atoms with Crippen LogP contribution in [0.5, 0.6) is 0 Å². The molecule has 0 fully saturated rings. The van der Waals surface area contributed by atoms with Gasteiger partial charge >= 0.3 is 5.97 Å². The smallest absolute Gasteiger partial charge is 0.317 e. The predicted molar refractivity (Wildman–Crippen MR) is 109 cm³/mol. The van der Waals surface area contributed by atoms with Gasteiger partial charge in [0.05, 0.1) is 29.9 Å². The van der Waals surface area contributed by atoms with Crippen molar-refractivity contribution in [3.05, 3.63) is 75.6 Å². The highest BCUT2D eigenvalue weighted by Gasteiger charge is 2.15. The average Bonchev–Trinajstić information content (AvgIpc) is 2.85. The predicted octanol–water partition coefficient (Wildman–Crippen LogP) is 1.67. The van der Waals surface area contributed by atoms with E-state index in [2.05, 4.69) is 15.5 Å². The summed E-state index contributed by atoms with van der Waals surface area (Å²) >= 11 is 0. The number of aliphatic carboxylic acids is 1. The lowest BCUT2D eigenvalue weighted by atomic mass is 10.0. The molecule has 0 spiro atoms. The van der Waals surface area contributed by atoms with Gasteiger partial charge in [-0.25, -0.2) is 9.49 Å². The zero-order valence-corrected chi connectivity index (χ0v) is 16.3. The van der Waals surface area contributed by atoms with Gasteiger partial charge in [0, 0.05) is 11.8 Å². The van der Waals surface area contributed by atoms with E-state index in [1.807, 2.05) is 12.1 Å². The fourth-order valence-electron chi connectivity index (χ4n) is 3.16. The Kier molecular flexibility index (Phi) is 6.53. The van der Waals surface area contributed by atoms with Crippen molar-refractivity contribution in [2.75, 3.05) is 20.1 Å². The Morgan fingerprint density at radius 3 is 2.70 bits per heavy atom. The summed E-state index contributed by atoms with van der Waals surface area (Å²) in [7, 11) is 1.49. The maximum absolute atomic E-state index is 14.4. The summed E-state index contributed by atoms with van der Waals surface area (Å²) in [4.78, 5) is 36.0. The summed E-state index contributed by atoms with van der Waals surface area (Å²) in [6, 6.07) is 7.13. The van der Waals surface area contributed by atoms with Crippen molar-refractivity contribution in [3.63, 3.8) is 0 Å². The maximum Gasteiger partial charge on any atom is 0.317 e. The molecule has 1 aliphatic rings. The third-order valence-corrected chi connectivity index (χ3v) is 4.55. The molecule has 0 unspecified atom stereocenters. The van der Waals surface area contributed by atoms with Crippen molar-refractivity contribution in [1.29, 1.82) is 0 Å². The number of H-pyrrole nitrogens is 1. The number of allylic oxidation sites excluding steroid dienone is 5. The van der Waals surface area contributed by atoms with E-state index in [0.29, 0.717) is 23.9 Å². The highest BCUT2D eigenvalue weighted by atomic mass is 19.1. The highest BCUT2D eigenvalue weighted by molar-refractivity contribution is 5.83. The summed E-state index contributed by atoms with van der Waals surface area (Å²) in [5.74, 6) is -2.16. The first-order valence-corrected chi connectivity index (χ1v) is 9.25. The van der Waals surface area contributed by atoms with Crippen molar-refractivity contribution < 1.29 is 19.1 Å². The zero-order chi connectivity index (χ0) is 21.7. The first kappa shape index (κ1) is 21.1. The number of carbonyl (C=O) groups excluding carboxylic acids is 1. The van der Waals surface area contributed by atoms with Crippen LogP contribution in [-0.2, 0) is 16.0 Å². The molecule has 9 heteroatoms. The molecule has 1 amide bonds. The number of nitrogens with one attached hydrogen (secondary N) is 2. The van der Waals surface area contributed by atoms with Crippen LogP contribution in [0.3, 0.4) is 0 Å². The highest BCUT2D eigenvalue weighted by Crippen LogP contribution is 2.22. The maximum atomic E-state index is 14.4. The Bertz CT molecular complexity index is 1130. The summed E-state index contributed by atoms with van der Waals surface area (Å²) in [6.45, 7) is -0.471. The second kappa shape index (κ2) is 9.27. The van der Waals surface area contributed by atoms with Crippen molar-refractivity contribution in [2.24, 2.45) is 0 Å². The van der Waals surface area contributed by atoms with Gasteiger partial charge in [-0.15, -0.1) is 0 Å². The van der Waals surface area contributed by atoms with Crippen LogP contribution in [0.2, 0.25) is 0 Å². The van der Waals surface area contributed by atoms with Gasteiger partial charge in [0.25, 0.3) is 5.56 Å². The number of aromatic nitrogens is 2. The van der Waals surface area contributed by atoms with Crippen LogP contribution in [0.25, 0.3) is 10.8 Å². The van der Waals surface area contributed by atoms with Crippen molar-refractivity contribution >= 4 is 22.6 Å². The first-order valence-electron chi connectivity index (χ1n) is 9.25. The number of amides is 1. The number of carboxylic acids is 1. The molecule has 0 radical (unpaired) electrons. The number of fused-ring (bicyclic) bond motifs is 1. The number of carbonyl (C=O) groups is 2. The number of aromatic amines is 1. The Morgan fingerprint density at radius 2 is 1.97 bits per heavy atom. The Hall–Kier alpha value is -3.59. The molecule has 0 saturated carbocycles. The van der Waals surface area contributed by atoms with Crippen LogP contribution in [-0.4, -0.2) is 52.2 Å². The number of likely N-dealkylation sites (N-methyl/N-ethyl adjacent to an activating group) is 1. The SMILES string of the molecule is CN(CC(=O)O)CC(=O)NC1=CCC(Cc2n[nH]c(=O)c3ccccc23)=CC=C1F. The summed E-state index contributed by atoms with van der Waals surface area (Å²) < 4.78 is 14.4. The second-order valence-electron chi connectivity index (χ2n) is 7.00. The Balaban J connectivity index is 1.71. The minimum atomic E-state index is -1.05. The first-order chi connectivity index (χ1) is 14.3. The lowest BCUT2D eigenvalue weighted by Crippen LogP contribution is -2.37. The minimum absolute atomic E-state index is 0.0364. The molecular weight excluding hydrogens is 391 g/mol. The quantitative estimate of drug-likeness (QED) is 0.637. The summed E-state index contributed by atoms with van der Waals surface area (Å²) in [6.07, 6.45) is 5.24. The fraction of sp³-hybridized carbons (Fsp3) is 0.238. The number of hydrogen-bond donors (Lipinski definition) is 3. The topological polar surface area (TPSA) is 115 Å². The van der Waals surface area contributed by atoms with E-state index in [4.69, 9.17) is 5.11 Å². The minimum Gasteiger partial charge on any atom is -0.480 e. The molecule has 0 saturated heterocycles. The molecule has 0 bridgehead atoms. The van der Waals surface area contributed by atoms with Gasteiger partial charge in [0.15, 0.2) is 0 Å². The number of benzene rings is 1. The molecule has 0 aliphatic heterocycles. The van der Waals surface area contributed by atoms with E-state index in [1.54, 1.807) is 24.3 Å². The van der Waals surface area contributed by atoms with E-state index < -0.39 is 17.7 Å². The summed E-state index contributed by atoms with van der Waals surface area (Å²) in [5, 5.41) is 19.1. The molecule has 3 N–H and O–H groups in total. The normalized spacial score (nSPS) is 14.0. The van der Waals surface area contributed by atoms with E-state index in [1.165, 1.54) is 18.0 Å². The van der Waals surface area contributed by atoms with Gasteiger partial charge in [-0.2, -0.15) is 5.10 Å². The fourth-order valence-corrected chi connectivity index (χ4v) is 3.16. The molecule has 1 aliphatic carbocycles. The Labute approximate surface area is 171 Å². The number of nitrogens with zero attached hydrogens (tertiary/aromatic N) is 2. The molecule has 1 aromatic carbocycles. The van der Waals surface area contributed by atoms with E-state index in [9.17, 15) is 18.8 Å². The van der Waals surface area contributed by atoms with Gasteiger partial charge < -0.3 is 10.4 Å². The van der Waals surface area contributed by atoms with Crippen LogP contribution in [0, 0.1) is 0 Å². The van der Waals surface area contributed by atoms with Gasteiger partial charge in [0.2, 0.25) is 5.91 Å². The van der Waals surface area contributed by atoms with Gasteiger partial charge in [0.1, 0.15) is 5.83 Å². The standard InChI is InChI=1S/C21H21FN4O4/c1-26(12-20(28)29)11-19(27)23-17-9-7-13(6-8-16(17)22)10-18-14-4-2-3-5-15(14)21(30)25-24-18/h2-6,8-9H,7,10-12H2,1H3,(H,23,27)(H,25,30)(H,28,29). The number of rotatable bonds is 7. The summed E-state index contributed by atoms with van der Waals surface area (Å²) in [5.41, 5.74) is 1.28. The molecule has 0 atom stereocenters. The molecule has 8 nitrogen and oxygen atoms in total. The zero-order valence-electron chi connectivity index (χ0n) is 16.3. The third kappa shape index (κ3) is 5.26. The molecular formula is C21H21FN4O4. The van der Waals surface area contributed by atoms with E-state index in [0.717, 1.165) is 11.0 Å². The van der Waals surface area contributed by atoms with Crippen LogP contribution >= 0.6 is 0 Å². The largest absolute Gasteiger partial charge is 0.480 e. The Morgan fingerprint density at radius 1 is 1.23 bits per heavy atom. The molecule has 1 aromatic heterocycles. The average molecular weight is 412 g/mol. The van der Waals surface area contributed by atoms with Gasteiger partial charge in [-0.3, -0.25) is 19.3 Å². The van der Waals surface area contributed by atoms with E-state index >= 15 is 0 Å². The third-order valence-electron chi connectivity index (χ3n) is 4.55. The lowest BCUT2D eigenvalue weighted by molar-refractivity contribution is -0.138. The van der Waals surface area contributed by atoms with Crippen LogP contribution in [0.4, 0.5) is 4.39 Å². The molecule has 3 rings (SSSR count). The van der Waals surface area contributed by atoms with Crippen LogP contribution < -0.4 is 10.9 Å². The van der Waals surface area contributed by atoms with Crippen molar-refractivity contribution in [2.45, 2.75) is 12.8 Å². The second-order valence-corrected chi connectivity index (χ2v) is 7.00. The lowest BCUT2D eigenvalue weighted by Gasteiger charge is -2.14. The molecule has 1 heterocycles. The molecule has 30 heavy (non-hydrogen) atoms. The monoisotopic (exact) mass is 412 g/mol. The van der Waals surface area contributed by atoms with Gasteiger partial charge in [-0.05, 0) is 25.6 Å². The molecule has 2 aromatic rings. The van der Waals surface area contributed by atoms with Crippen molar-refractivity contribution in [1.82, 2.24) is 20.4 Å². The molecule has 156 valence electrons. The van der Waals surface area contributed by atoms with Crippen LogP contribution in [0.15, 0.2) is 64.4 Å². The number of hydrogen-bond acceptors (Lipinski definition) is 5. The van der Waals surface area contributed by atoms with E-state index in [-0.39, 0.29) is 24.3 Å².